The average Bonchev–Trinajstić information content (AvgIpc) is 3.07. The normalized spacial score (nSPS) is 24.4. The second kappa shape index (κ2) is 6.45. The van der Waals surface area contributed by atoms with Crippen LogP contribution in [0.15, 0.2) is 36.7 Å². The van der Waals surface area contributed by atoms with Crippen molar-refractivity contribution in [2.75, 3.05) is 11.9 Å². The minimum atomic E-state index is -2.77. The molecule has 3 aliphatic rings. The fourth-order valence-electron chi connectivity index (χ4n) is 4.46. The van der Waals surface area contributed by atoms with Crippen molar-refractivity contribution in [1.29, 1.82) is 0 Å². The molecule has 0 spiro atoms. The van der Waals surface area contributed by atoms with Crippen LogP contribution in [0, 0.1) is 0 Å². The van der Waals surface area contributed by atoms with Crippen molar-refractivity contribution in [3.8, 4) is 5.75 Å². The Morgan fingerprint density at radius 2 is 2.03 bits per heavy atom. The van der Waals surface area contributed by atoms with E-state index in [1.165, 1.54) is 18.2 Å². The summed E-state index contributed by atoms with van der Waals surface area (Å²) in [4.78, 5) is 21.0. The van der Waals surface area contributed by atoms with E-state index in [0.29, 0.717) is 43.0 Å². The molecule has 0 radical (unpaired) electrons. The lowest BCUT2D eigenvalue weighted by atomic mass is 9.41. The summed E-state index contributed by atoms with van der Waals surface area (Å²) in [7, 11) is 0. The van der Waals surface area contributed by atoms with Gasteiger partial charge in [-0.3, -0.25) is 4.79 Å². The highest BCUT2D eigenvalue weighted by molar-refractivity contribution is 6.03. The van der Waals surface area contributed by atoms with Gasteiger partial charge in [0.15, 0.2) is 0 Å². The van der Waals surface area contributed by atoms with Crippen LogP contribution in [0.25, 0.3) is 5.65 Å². The van der Waals surface area contributed by atoms with Gasteiger partial charge in [0.1, 0.15) is 34.1 Å². The van der Waals surface area contributed by atoms with E-state index in [0.717, 1.165) is 5.69 Å². The van der Waals surface area contributed by atoms with E-state index in [1.807, 2.05) is 13.1 Å². The summed E-state index contributed by atoms with van der Waals surface area (Å²) in [6.45, 7) is 2.17. The number of halogens is 3. The van der Waals surface area contributed by atoms with Gasteiger partial charge < -0.3 is 14.5 Å². The van der Waals surface area contributed by atoms with E-state index in [-0.39, 0.29) is 11.1 Å². The number of alkyl halides is 3. The first-order valence-corrected chi connectivity index (χ1v) is 9.72. The van der Waals surface area contributed by atoms with Gasteiger partial charge >= 0.3 is 0 Å². The molecule has 2 bridgehead atoms. The molecule has 0 saturated heterocycles. The largest absolute Gasteiger partial charge is 0.491 e. The number of hydrogen-bond acceptors (Lipinski definition) is 4. The highest BCUT2D eigenvalue weighted by Gasteiger charge is 2.70. The van der Waals surface area contributed by atoms with Crippen LogP contribution in [0.2, 0.25) is 0 Å². The number of pyridine rings is 2. The number of aromatic nitrogens is 3. The number of anilines is 1. The first kappa shape index (κ1) is 18.9. The highest BCUT2D eigenvalue weighted by atomic mass is 19.3. The van der Waals surface area contributed by atoms with Crippen molar-refractivity contribution in [3.05, 3.63) is 53.7 Å². The molecular weight excluding hydrogens is 397 g/mol. The van der Waals surface area contributed by atoms with Crippen LogP contribution in [-0.4, -0.2) is 32.6 Å². The number of ether oxygens (including phenoxy) is 1. The van der Waals surface area contributed by atoms with Crippen molar-refractivity contribution >= 4 is 17.2 Å². The molecular formula is C21H19F3N4O2. The van der Waals surface area contributed by atoms with E-state index >= 15 is 0 Å². The van der Waals surface area contributed by atoms with Gasteiger partial charge in [0.25, 0.3) is 12.3 Å². The first-order chi connectivity index (χ1) is 14.3. The average molecular weight is 416 g/mol. The van der Waals surface area contributed by atoms with E-state index < -0.39 is 23.7 Å². The third kappa shape index (κ3) is 2.91. The Bertz CT molecular complexity index is 1140. The molecule has 3 aromatic heterocycles. The summed E-state index contributed by atoms with van der Waals surface area (Å²) >= 11 is 0. The molecule has 6 nitrogen and oxygen atoms in total. The molecule has 0 aliphatic heterocycles. The molecule has 0 aromatic carbocycles. The summed E-state index contributed by atoms with van der Waals surface area (Å²) in [5.74, 6) is -0.225. The molecule has 0 unspecified atom stereocenters. The molecule has 9 heteroatoms. The third-order valence-electron chi connectivity index (χ3n) is 5.84. The van der Waals surface area contributed by atoms with Crippen molar-refractivity contribution in [2.45, 2.75) is 43.7 Å². The smallest absolute Gasteiger partial charge is 0.280 e. The molecule has 3 heterocycles. The van der Waals surface area contributed by atoms with Gasteiger partial charge in [-0.15, -0.1) is 0 Å². The topological polar surface area (TPSA) is 68.5 Å². The van der Waals surface area contributed by atoms with Gasteiger partial charge in [-0.1, -0.05) is 6.07 Å². The maximum absolute atomic E-state index is 13.9. The number of carbonyl (C=O) groups excluding carboxylic acids is 1. The molecule has 156 valence electrons. The Labute approximate surface area is 170 Å². The second-order valence-electron chi connectivity index (χ2n) is 8.04. The Balaban J connectivity index is 1.46. The number of amides is 1. The van der Waals surface area contributed by atoms with Crippen molar-refractivity contribution in [3.63, 3.8) is 0 Å². The Kier molecular flexibility index (Phi) is 4.06. The van der Waals surface area contributed by atoms with E-state index in [2.05, 4.69) is 15.3 Å². The number of imidazole rings is 1. The second-order valence-corrected chi connectivity index (χ2v) is 8.04. The minimum absolute atomic E-state index is 0.122. The quantitative estimate of drug-likeness (QED) is 0.644. The number of carbonyl (C=O) groups is 1. The van der Waals surface area contributed by atoms with Crippen LogP contribution in [0.5, 0.6) is 5.75 Å². The molecule has 3 saturated carbocycles. The molecule has 0 atom stereocenters. The SMILES string of the molecule is CCOc1cc2nc(C34CC(F)(C3)C4)cn2cc1NC(=O)c1cccc(C(F)F)n1. The highest BCUT2D eigenvalue weighted by Crippen LogP contribution is 2.69. The van der Waals surface area contributed by atoms with Crippen LogP contribution in [0.4, 0.5) is 18.9 Å². The van der Waals surface area contributed by atoms with Gasteiger partial charge in [-0.2, -0.15) is 0 Å². The predicted molar refractivity (Wildman–Crippen MR) is 103 cm³/mol. The summed E-state index contributed by atoms with van der Waals surface area (Å²) in [5.41, 5.74) is 0.0273. The van der Waals surface area contributed by atoms with Gasteiger partial charge in [0.2, 0.25) is 0 Å². The summed E-state index contributed by atoms with van der Waals surface area (Å²) in [5, 5.41) is 2.68. The zero-order chi connectivity index (χ0) is 21.1. The number of hydrogen-bond donors (Lipinski definition) is 1. The van der Waals surface area contributed by atoms with Crippen LogP contribution >= 0.6 is 0 Å². The fourth-order valence-corrected chi connectivity index (χ4v) is 4.46. The lowest BCUT2D eigenvalue weighted by molar-refractivity contribution is -0.159. The number of fused-ring (bicyclic) bond motifs is 1. The monoisotopic (exact) mass is 416 g/mol. The molecule has 3 fully saturated rings. The van der Waals surface area contributed by atoms with E-state index in [1.54, 1.807) is 16.7 Å². The van der Waals surface area contributed by atoms with Gasteiger partial charge in [0.05, 0.1) is 12.3 Å². The standard InChI is InChI=1S/C21H19F3N4O2/c1-2-30-15-6-17-27-16(20-9-21(24,10-20)11-20)8-28(17)7-14(15)26-19(29)13-5-3-4-12(25-13)18(22)23/h3-8,18H,2,9-11H2,1H3,(H,26,29). The van der Waals surface area contributed by atoms with Crippen molar-refractivity contribution in [1.82, 2.24) is 14.4 Å². The zero-order valence-electron chi connectivity index (χ0n) is 16.2. The Morgan fingerprint density at radius 3 is 2.70 bits per heavy atom. The Morgan fingerprint density at radius 1 is 1.27 bits per heavy atom. The van der Waals surface area contributed by atoms with Gasteiger partial charge in [-0.05, 0) is 38.3 Å². The van der Waals surface area contributed by atoms with Crippen LogP contribution in [0.1, 0.15) is 54.5 Å². The zero-order valence-corrected chi connectivity index (χ0v) is 16.2. The molecule has 1 amide bonds. The molecule has 1 N–H and O–H groups in total. The third-order valence-corrected chi connectivity index (χ3v) is 5.84. The van der Waals surface area contributed by atoms with E-state index in [9.17, 15) is 18.0 Å². The van der Waals surface area contributed by atoms with E-state index in [4.69, 9.17) is 4.74 Å². The van der Waals surface area contributed by atoms with Crippen molar-refractivity contribution in [2.24, 2.45) is 0 Å². The molecule has 3 aromatic rings. The molecule has 6 rings (SSSR count). The maximum Gasteiger partial charge on any atom is 0.280 e. The number of nitrogens with one attached hydrogen (secondary N) is 1. The van der Waals surface area contributed by atoms with Gasteiger partial charge in [0, 0.05) is 23.9 Å². The Hall–Kier alpha value is -3.10. The number of nitrogens with zero attached hydrogens (tertiary/aromatic N) is 3. The minimum Gasteiger partial charge on any atom is -0.491 e. The molecule has 3 aliphatic carbocycles. The molecule has 30 heavy (non-hydrogen) atoms. The van der Waals surface area contributed by atoms with Crippen molar-refractivity contribution < 1.29 is 22.7 Å². The first-order valence-electron chi connectivity index (χ1n) is 9.72. The lowest BCUT2D eigenvalue weighted by Gasteiger charge is -2.65. The van der Waals surface area contributed by atoms with Crippen LogP contribution in [-0.2, 0) is 5.41 Å². The van der Waals surface area contributed by atoms with Crippen LogP contribution < -0.4 is 10.1 Å². The maximum atomic E-state index is 13.9. The number of rotatable bonds is 6. The summed E-state index contributed by atoms with van der Waals surface area (Å²) < 4.78 is 47.1. The van der Waals surface area contributed by atoms with Gasteiger partial charge in [-0.25, -0.2) is 23.1 Å². The fraction of sp³-hybridized carbons (Fsp3) is 0.381. The predicted octanol–water partition coefficient (Wildman–Crippen LogP) is 4.46. The lowest BCUT2D eigenvalue weighted by Crippen LogP contribution is -2.67. The van der Waals surface area contributed by atoms with Crippen LogP contribution in [0.3, 0.4) is 0 Å². The summed E-state index contributed by atoms with van der Waals surface area (Å²) in [6, 6.07) is 5.59. The summed E-state index contributed by atoms with van der Waals surface area (Å²) in [6.07, 6.45) is 2.23.